The molecule has 1 heterocycles. The van der Waals surface area contributed by atoms with E-state index in [9.17, 15) is 9.59 Å². The van der Waals surface area contributed by atoms with E-state index in [4.69, 9.17) is 9.47 Å². The summed E-state index contributed by atoms with van der Waals surface area (Å²) in [6.07, 6.45) is -0.262. The van der Waals surface area contributed by atoms with Crippen LogP contribution in [0, 0.1) is 0 Å². The average Bonchev–Trinajstić information content (AvgIpc) is 2.76. The number of ether oxygens (including phenoxy) is 2. The Labute approximate surface area is 157 Å². The number of halogens is 1. The number of amides is 1. The van der Waals surface area contributed by atoms with Gasteiger partial charge in [0.1, 0.15) is 5.60 Å². The van der Waals surface area contributed by atoms with Crippen LogP contribution >= 0.6 is 15.9 Å². The van der Waals surface area contributed by atoms with Crippen LogP contribution in [-0.4, -0.2) is 30.8 Å². The summed E-state index contributed by atoms with van der Waals surface area (Å²) in [5.41, 5.74) is 1.84. The van der Waals surface area contributed by atoms with Crippen LogP contribution in [0.2, 0.25) is 0 Å². The molecule has 1 amide bonds. The number of esters is 1. The Balaban J connectivity index is 2.57. The highest BCUT2D eigenvalue weighted by molar-refractivity contribution is 9.11. The number of hydrogen-bond acceptors (Lipinski definition) is 4. The molecular weight excluding hydrogens is 386 g/mol. The summed E-state index contributed by atoms with van der Waals surface area (Å²) in [4.78, 5) is 25.2. The molecule has 1 unspecified atom stereocenters. The quantitative estimate of drug-likeness (QED) is 0.399. The van der Waals surface area contributed by atoms with Crippen molar-refractivity contribution < 1.29 is 19.1 Å². The van der Waals surface area contributed by atoms with Crippen LogP contribution in [0.4, 0.5) is 10.5 Å². The topological polar surface area (TPSA) is 52.6 Å². The van der Waals surface area contributed by atoms with Gasteiger partial charge in [0.25, 0.3) is 0 Å². The highest BCUT2D eigenvalue weighted by atomic mass is 79.9. The average molecular weight is 411 g/mol. The van der Waals surface area contributed by atoms with Crippen LogP contribution in [0.1, 0.15) is 46.6 Å². The third kappa shape index (κ3) is 3.65. The fourth-order valence-corrected chi connectivity index (χ4v) is 3.93. The fraction of sp³-hybridized carbons (Fsp3) is 0.474. The predicted molar refractivity (Wildman–Crippen MR) is 102 cm³/mol. The monoisotopic (exact) mass is 410 g/mol. The molecule has 1 aliphatic heterocycles. The molecule has 0 aromatic heterocycles. The van der Waals surface area contributed by atoms with Gasteiger partial charge < -0.3 is 9.47 Å². The van der Waals surface area contributed by atoms with E-state index in [1.807, 2.05) is 52.0 Å². The standard InChI is InChI=1S/C19H25BrNO4/c1-6-21(18(23)25-19(3,4)5)15-11-9-8-10-13(15)14(17(21)20)12-16(22)24-7-2/h8-11H,6-7,12H2,1-5H3/q+1. The molecule has 136 valence electrons. The first kappa shape index (κ1) is 19.7. The molecule has 1 aromatic rings. The number of hydrogen-bond donors (Lipinski definition) is 0. The van der Waals surface area contributed by atoms with Gasteiger partial charge in [0.05, 0.1) is 19.6 Å². The second-order valence-corrected chi connectivity index (χ2v) is 7.63. The van der Waals surface area contributed by atoms with Gasteiger partial charge in [-0.25, -0.2) is 0 Å². The fourth-order valence-electron chi connectivity index (χ4n) is 2.99. The van der Waals surface area contributed by atoms with Crippen molar-refractivity contribution in [3.63, 3.8) is 0 Å². The Kier molecular flexibility index (Phi) is 5.74. The van der Waals surface area contributed by atoms with Crippen LogP contribution < -0.4 is 4.48 Å². The van der Waals surface area contributed by atoms with Crippen LogP contribution in [0.15, 0.2) is 28.9 Å². The Hall–Kier alpha value is -1.66. The molecule has 0 spiro atoms. The summed E-state index contributed by atoms with van der Waals surface area (Å²) in [6, 6.07) is 7.61. The lowest BCUT2D eigenvalue weighted by Gasteiger charge is -2.32. The zero-order valence-corrected chi connectivity index (χ0v) is 17.0. The van der Waals surface area contributed by atoms with Gasteiger partial charge in [-0.2, -0.15) is 9.28 Å². The number of nitrogens with zero attached hydrogens (tertiary/aromatic N) is 1. The SMILES string of the molecule is CCOC(=O)CC1=C(Br)[N+](CC)(C(=O)OC(C)(C)C)c2ccccc21. The lowest BCUT2D eigenvalue weighted by molar-refractivity contribution is -0.141. The van der Waals surface area contributed by atoms with E-state index < -0.39 is 5.60 Å². The summed E-state index contributed by atoms with van der Waals surface area (Å²) in [7, 11) is 0. The maximum absolute atomic E-state index is 13.1. The molecule has 0 fully saturated rings. The molecule has 0 aliphatic carbocycles. The van der Waals surface area contributed by atoms with E-state index in [0.29, 0.717) is 17.8 Å². The molecule has 0 bridgehead atoms. The third-order valence-electron chi connectivity index (χ3n) is 4.03. The van der Waals surface area contributed by atoms with Gasteiger partial charge >= 0.3 is 12.1 Å². The second-order valence-electron chi connectivity index (χ2n) is 6.87. The van der Waals surface area contributed by atoms with Crippen molar-refractivity contribution in [2.75, 3.05) is 13.2 Å². The highest BCUT2D eigenvalue weighted by Crippen LogP contribution is 2.49. The zero-order valence-electron chi connectivity index (χ0n) is 15.4. The lowest BCUT2D eigenvalue weighted by Crippen LogP contribution is -2.52. The van der Waals surface area contributed by atoms with Crippen LogP contribution in [0.3, 0.4) is 0 Å². The van der Waals surface area contributed by atoms with Gasteiger partial charge in [-0.15, -0.1) is 0 Å². The number of rotatable bonds is 4. The summed E-state index contributed by atoms with van der Waals surface area (Å²) in [5.74, 6) is -0.315. The maximum atomic E-state index is 13.1. The summed E-state index contributed by atoms with van der Waals surface area (Å²) >= 11 is 3.60. The molecule has 1 atom stereocenters. The first-order valence-electron chi connectivity index (χ1n) is 8.43. The minimum Gasteiger partial charge on any atom is -0.466 e. The number of carbonyl (C=O) groups excluding carboxylic acids is 2. The molecule has 0 radical (unpaired) electrons. The molecule has 1 aromatic carbocycles. The van der Waals surface area contributed by atoms with Crippen molar-refractivity contribution in [3.8, 4) is 0 Å². The van der Waals surface area contributed by atoms with Crippen molar-refractivity contribution in [3.05, 3.63) is 34.4 Å². The van der Waals surface area contributed by atoms with Gasteiger partial charge in [-0.1, -0.05) is 12.1 Å². The summed E-state index contributed by atoms with van der Waals surface area (Å²) < 4.78 is 11.3. The first-order chi connectivity index (χ1) is 11.7. The van der Waals surface area contributed by atoms with Crippen molar-refractivity contribution in [1.29, 1.82) is 0 Å². The molecule has 6 heteroatoms. The zero-order chi connectivity index (χ0) is 18.8. The third-order valence-corrected chi connectivity index (χ3v) is 5.11. The second kappa shape index (κ2) is 7.30. The Bertz CT molecular complexity index is 720. The predicted octanol–water partition coefficient (Wildman–Crippen LogP) is 4.98. The van der Waals surface area contributed by atoms with Crippen LogP contribution in [0.5, 0.6) is 0 Å². The summed E-state index contributed by atoms with van der Waals surface area (Å²) in [5, 5.41) is 0. The van der Waals surface area contributed by atoms with Gasteiger partial charge in [-0.05, 0) is 40.7 Å². The minimum atomic E-state index is -0.608. The maximum Gasteiger partial charge on any atom is 0.527 e. The highest BCUT2D eigenvalue weighted by Gasteiger charge is 2.52. The molecule has 5 nitrogen and oxygen atoms in total. The van der Waals surface area contributed by atoms with Crippen molar-refractivity contribution in [1.82, 2.24) is 4.48 Å². The number of carbonyl (C=O) groups is 2. The van der Waals surface area contributed by atoms with Gasteiger partial charge in [0.15, 0.2) is 10.3 Å². The number of quaternary nitrogens is 1. The van der Waals surface area contributed by atoms with E-state index in [-0.39, 0.29) is 23.0 Å². The Morgan fingerprint density at radius 3 is 2.36 bits per heavy atom. The normalized spacial score (nSPS) is 19.6. The molecule has 0 saturated heterocycles. The largest absolute Gasteiger partial charge is 0.527 e. The van der Waals surface area contributed by atoms with Crippen molar-refractivity contribution in [2.24, 2.45) is 0 Å². The van der Waals surface area contributed by atoms with Crippen molar-refractivity contribution >= 4 is 39.3 Å². The Morgan fingerprint density at radius 1 is 1.16 bits per heavy atom. The van der Waals surface area contributed by atoms with Crippen LogP contribution in [0.25, 0.3) is 5.57 Å². The number of para-hydroxylation sites is 1. The van der Waals surface area contributed by atoms with E-state index >= 15 is 0 Å². The molecule has 0 N–H and O–H groups in total. The number of benzene rings is 1. The summed E-state index contributed by atoms with van der Waals surface area (Å²) in [6.45, 7) is 10.0. The van der Waals surface area contributed by atoms with E-state index in [0.717, 1.165) is 16.8 Å². The number of fused-ring (bicyclic) bond motifs is 1. The molecule has 25 heavy (non-hydrogen) atoms. The lowest BCUT2D eigenvalue weighted by atomic mass is 10.0. The molecule has 2 rings (SSSR count). The van der Waals surface area contributed by atoms with E-state index in [2.05, 4.69) is 15.9 Å². The van der Waals surface area contributed by atoms with Gasteiger partial charge in [-0.3, -0.25) is 4.79 Å². The van der Waals surface area contributed by atoms with E-state index in [1.165, 1.54) is 0 Å². The molecular formula is C19H25BrNO4+. The van der Waals surface area contributed by atoms with Crippen molar-refractivity contribution in [2.45, 2.75) is 46.6 Å². The van der Waals surface area contributed by atoms with Gasteiger partial charge in [0.2, 0.25) is 0 Å². The molecule has 1 aliphatic rings. The minimum absolute atomic E-state index is 0.0951. The Morgan fingerprint density at radius 2 is 1.80 bits per heavy atom. The van der Waals surface area contributed by atoms with E-state index in [1.54, 1.807) is 6.92 Å². The smallest absolute Gasteiger partial charge is 0.466 e. The van der Waals surface area contributed by atoms with Gasteiger partial charge in [0, 0.05) is 33.1 Å². The first-order valence-corrected chi connectivity index (χ1v) is 9.23. The van der Waals surface area contributed by atoms with Crippen LogP contribution in [-0.2, 0) is 14.3 Å². The molecule has 0 saturated carbocycles.